The third-order valence-electron chi connectivity index (χ3n) is 4.86. The fourth-order valence-corrected chi connectivity index (χ4v) is 7.18. The standard InChI is InChI=1S/C19H26NOP/c1-4-15-8-9-17-18(20-15)11-10-16(14(2)3)19(17)22(21)12-6-5-7-13-22/h8-11,14H,4-7,12-13H2,1-3H3. The summed E-state index contributed by atoms with van der Waals surface area (Å²) in [7, 11) is -2.27. The van der Waals surface area contributed by atoms with Gasteiger partial charge in [0.15, 0.2) is 0 Å². The van der Waals surface area contributed by atoms with Gasteiger partial charge in [0.1, 0.15) is 7.14 Å². The van der Waals surface area contributed by atoms with Crippen molar-refractivity contribution in [1.29, 1.82) is 0 Å². The topological polar surface area (TPSA) is 30.0 Å². The van der Waals surface area contributed by atoms with Crippen LogP contribution in [-0.4, -0.2) is 17.3 Å². The highest BCUT2D eigenvalue weighted by atomic mass is 31.2. The van der Waals surface area contributed by atoms with Gasteiger partial charge in [-0.2, -0.15) is 0 Å². The fraction of sp³-hybridized carbons (Fsp3) is 0.526. The summed E-state index contributed by atoms with van der Waals surface area (Å²) in [6.45, 7) is 6.53. The molecule has 0 saturated carbocycles. The molecule has 1 aromatic carbocycles. The van der Waals surface area contributed by atoms with Crippen molar-refractivity contribution >= 4 is 23.3 Å². The molecule has 2 nitrogen and oxygen atoms in total. The average molecular weight is 315 g/mol. The molecular weight excluding hydrogens is 289 g/mol. The second kappa shape index (κ2) is 6.16. The second-order valence-corrected chi connectivity index (χ2v) is 9.90. The van der Waals surface area contributed by atoms with Gasteiger partial charge in [-0.15, -0.1) is 0 Å². The highest BCUT2D eigenvalue weighted by molar-refractivity contribution is 7.72. The zero-order valence-corrected chi connectivity index (χ0v) is 14.8. The Bertz CT molecular complexity index is 726. The van der Waals surface area contributed by atoms with Crippen molar-refractivity contribution in [1.82, 2.24) is 4.98 Å². The summed E-state index contributed by atoms with van der Waals surface area (Å²) >= 11 is 0. The maximum absolute atomic E-state index is 13.7. The number of fused-ring (bicyclic) bond motifs is 1. The smallest absolute Gasteiger partial charge is 0.116 e. The van der Waals surface area contributed by atoms with E-state index in [0.29, 0.717) is 5.92 Å². The monoisotopic (exact) mass is 315 g/mol. The molecule has 0 bridgehead atoms. The molecule has 1 saturated heterocycles. The van der Waals surface area contributed by atoms with Gasteiger partial charge in [0, 0.05) is 28.7 Å². The van der Waals surface area contributed by atoms with Gasteiger partial charge >= 0.3 is 0 Å². The van der Waals surface area contributed by atoms with E-state index < -0.39 is 7.14 Å². The number of hydrogen-bond donors (Lipinski definition) is 0. The highest BCUT2D eigenvalue weighted by Crippen LogP contribution is 2.52. The van der Waals surface area contributed by atoms with E-state index in [1.165, 1.54) is 12.0 Å². The quantitative estimate of drug-likeness (QED) is 0.738. The number of hydrogen-bond acceptors (Lipinski definition) is 2. The second-order valence-electron chi connectivity index (χ2n) is 6.78. The van der Waals surface area contributed by atoms with E-state index in [0.717, 1.165) is 53.5 Å². The number of pyridine rings is 1. The van der Waals surface area contributed by atoms with E-state index in [2.05, 4.69) is 45.0 Å². The maximum atomic E-state index is 13.7. The molecular formula is C19H26NOP. The van der Waals surface area contributed by atoms with Crippen molar-refractivity contribution in [3.63, 3.8) is 0 Å². The third-order valence-corrected chi connectivity index (χ3v) is 8.25. The molecule has 1 aliphatic rings. The van der Waals surface area contributed by atoms with Crippen LogP contribution in [0.4, 0.5) is 0 Å². The van der Waals surface area contributed by atoms with Crippen molar-refractivity contribution in [2.45, 2.75) is 52.4 Å². The van der Waals surface area contributed by atoms with Gasteiger partial charge in [-0.05, 0) is 42.9 Å². The number of aryl methyl sites for hydroxylation is 1. The number of rotatable bonds is 3. The summed E-state index contributed by atoms with van der Waals surface area (Å²) in [5.74, 6) is 0.401. The van der Waals surface area contributed by atoms with E-state index in [1.807, 2.05) is 0 Å². The summed E-state index contributed by atoms with van der Waals surface area (Å²) in [6.07, 6.45) is 6.12. The predicted octanol–water partition coefficient (Wildman–Crippen LogP) is 5.09. The molecule has 22 heavy (non-hydrogen) atoms. The Labute approximate surface area is 133 Å². The molecule has 1 aromatic heterocycles. The van der Waals surface area contributed by atoms with Crippen LogP contribution in [0.3, 0.4) is 0 Å². The van der Waals surface area contributed by atoms with E-state index in [9.17, 15) is 4.57 Å². The lowest BCUT2D eigenvalue weighted by atomic mass is 10.0. The molecule has 1 fully saturated rings. The van der Waals surface area contributed by atoms with Crippen LogP contribution in [0.1, 0.15) is 57.2 Å². The van der Waals surface area contributed by atoms with Crippen LogP contribution in [0.25, 0.3) is 10.9 Å². The van der Waals surface area contributed by atoms with Crippen LogP contribution < -0.4 is 5.30 Å². The Morgan fingerprint density at radius 1 is 1.09 bits per heavy atom. The van der Waals surface area contributed by atoms with Crippen molar-refractivity contribution in [2.24, 2.45) is 0 Å². The molecule has 1 aliphatic heterocycles. The van der Waals surface area contributed by atoms with Gasteiger partial charge in [-0.25, -0.2) is 0 Å². The van der Waals surface area contributed by atoms with Gasteiger partial charge in [0.25, 0.3) is 0 Å². The molecule has 2 aromatic rings. The van der Waals surface area contributed by atoms with Crippen molar-refractivity contribution in [3.8, 4) is 0 Å². The molecule has 0 amide bonds. The minimum Gasteiger partial charge on any atom is -0.319 e. The van der Waals surface area contributed by atoms with E-state index in [1.54, 1.807) is 0 Å². The summed E-state index contributed by atoms with van der Waals surface area (Å²) in [5, 5.41) is 2.28. The Kier molecular flexibility index (Phi) is 4.41. The molecule has 0 unspecified atom stereocenters. The van der Waals surface area contributed by atoms with Crippen molar-refractivity contribution in [3.05, 3.63) is 35.5 Å². The van der Waals surface area contributed by atoms with Gasteiger partial charge in [0.2, 0.25) is 0 Å². The largest absolute Gasteiger partial charge is 0.319 e. The van der Waals surface area contributed by atoms with Crippen molar-refractivity contribution in [2.75, 3.05) is 12.3 Å². The Balaban J connectivity index is 2.28. The SMILES string of the molecule is CCc1ccc2c(P3(=O)CCCCC3)c(C(C)C)ccc2n1. The van der Waals surface area contributed by atoms with Crippen LogP contribution in [0.5, 0.6) is 0 Å². The van der Waals surface area contributed by atoms with E-state index in [-0.39, 0.29) is 0 Å². The molecule has 0 spiro atoms. The normalized spacial score (nSPS) is 18.0. The number of benzene rings is 1. The molecule has 3 heteroatoms. The fourth-order valence-electron chi connectivity index (χ4n) is 3.61. The van der Waals surface area contributed by atoms with Gasteiger partial charge in [-0.3, -0.25) is 4.98 Å². The minimum absolute atomic E-state index is 0.401. The van der Waals surface area contributed by atoms with Gasteiger partial charge in [0.05, 0.1) is 5.52 Å². The van der Waals surface area contributed by atoms with Crippen LogP contribution >= 0.6 is 7.14 Å². The first kappa shape index (κ1) is 15.7. The summed E-state index contributed by atoms with van der Waals surface area (Å²) in [6, 6.07) is 8.55. The predicted molar refractivity (Wildman–Crippen MR) is 96.0 cm³/mol. The summed E-state index contributed by atoms with van der Waals surface area (Å²) < 4.78 is 13.7. The minimum atomic E-state index is -2.27. The summed E-state index contributed by atoms with van der Waals surface area (Å²) in [4.78, 5) is 4.76. The Morgan fingerprint density at radius 2 is 1.82 bits per heavy atom. The summed E-state index contributed by atoms with van der Waals surface area (Å²) in [5.41, 5.74) is 3.39. The molecule has 0 aliphatic carbocycles. The lowest BCUT2D eigenvalue weighted by Gasteiger charge is -2.27. The highest BCUT2D eigenvalue weighted by Gasteiger charge is 2.31. The third kappa shape index (κ3) is 2.74. The lowest BCUT2D eigenvalue weighted by molar-refractivity contribution is 0.567. The number of nitrogens with zero attached hydrogens (tertiary/aromatic N) is 1. The van der Waals surface area contributed by atoms with Crippen molar-refractivity contribution < 1.29 is 4.57 Å². The average Bonchev–Trinajstić information content (AvgIpc) is 2.53. The van der Waals surface area contributed by atoms with Gasteiger partial charge in [-0.1, -0.05) is 39.3 Å². The van der Waals surface area contributed by atoms with Crippen LogP contribution in [0.15, 0.2) is 24.3 Å². The van der Waals surface area contributed by atoms with Crippen LogP contribution in [0.2, 0.25) is 0 Å². The molecule has 0 N–H and O–H groups in total. The van der Waals surface area contributed by atoms with E-state index in [4.69, 9.17) is 4.98 Å². The van der Waals surface area contributed by atoms with Crippen LogP contribution in [-0.2, 0) is 11.0 Å². The Morgan fingerprint density at radius 3 is 2.45 bits per heavy atom. The maximum Gasteiger partial charge on any atom is 0.116 e. The first-order chi connectivity index (χ1) is 10.5. The molecule has 118 valence electrons. The zero-order chi connectivity index (χ0) is 15.7. The molecule has 2 heterocycles. The van der Waals surface area contributed by atoms with Gasteiger partial charge < -0.3 is 4.57 Å². The number of aromatic nitrogens is 1. The molecule has 3 rings (SSSR count). The first-order valence-electron chi connectivity index (χ1n) is 8.56. The molecule has 0 radical (unpaired) electrons. The first-order valence-corrected chi connectivity index (χ1v) is 10.6. The molecule has 0 atom stereocenters. The zero-order valence-electron chi connectivity index (χ0n) is 13.9. The lowest BCUT2D eigenvalue weighted by Crippen LogP contribution is -2.21. The van der Waals surface area contributed by atoms with E-state index >= 15 is 0 Å². The van der Waals surface area contributed by atoms with Crippen LogP contribution in [0, 0.1) is 0 Å². The Hall–Kier alpha value is -1.14.